The minimum Gasteiger partial charge on any atom is -0.311 e. The highest BCUT2D eigenvalue weighted by Crippen LogP contribution is 2.27. The minimum atomic E-state index is -3.70. The van der Waals surface area contributed by atoms with Crippen LogP contribution >= 0.6 is 0 Å². The molecule has 2 aromatic carbocycles. The first-order valence-corrected chi connectivity index (χ1v) is 13.4. The van der Waals surface area contributed by atoms with Crippen molar-refractivity contribution in [2.75, 3.05) is 31.3 Å². The van der Waals surface area contributed by atoms with Gasteiger partial charge in [-0.3, -0.25) is 4.79 Å². The van der Waals surface area contributed by atoms with E-state index in [2.05, 4.69) is 0 Å². The number of sulfonamides is 1. The predicted octanol–water partition coefficient (Wildman–Crippen LogP) is 3.03. The van der Waals surface area contributed by atoms with Crippen LogP contribution in [0.4, 0.5) is 5.69 Å². The number of sulfone groups is 1. The third-order valence-electron chi connectivity index (χ3n) is 5.51. The lowest BCUT2D eigenvalue weighted by atomic mass is 9.94. The Bertz CT molecular complexity index is 1160. The van der Waals surface area contributed by atoms with E-state index in [0.717, 1.165) is 12.7 Å². The quantitative estimate of drug-likeness (QED) is 0.678. The molecular formula is C22H28N2O5S2. The van der Waals surface area contributed by atoms with E-state index in [-0.39, 0.29) is 33.1 Å². The van der Waals surface area contributed by atoms with Crippen molar-refractivity contribution in [3.63, 3.8) is 0 Å². The molecule has 1 heterocycles. The number of nitrogens with zero attached hydrogens (tertiary/aromatic N) is 2. The van der Waals surface area contributed by atoms with Gasteiger partial charge >= 0.3 is 0 Å². The number of benzene rings is 2. The summed E-state index contributed by atoms with van der Waals surface area (Å²) in [6.45, 7) is 5.03. The summed E-state index contributed by atoms with van der Waals surface area (Å²) in [5.41, 5.74) is 0.748. The van der Waals surface area contributed by atoms with Gasteiger partial charge in [0.15, 0.2) is 9.84 Å². The molecule has 2 aromatic rings. The zero-order valence-electron chi connectivity index (χ0n) is 18.1. The average Bonchev–Trinajstić information content (AvgIpc) is 2.71. The summed E-state index contributed by atoms with van der Waals surface area (Å²) in [6.07, 6.45) is 2.11. The van der Waals surface area contributed by atoms with Crippen LogP contribution in [0.1, 0.15) is 30.6 Å². The highest BCUT2D eigenvalue weighted by Gasteiger charge is 2.32. The Morgan fingerprint density at radius 2 is 1.52 bits per heavy atom. The third-order valence-corrected chi connectivity index (χ3v) is 8.47. The van der Waals surface area contributed by atoms with E-state index in [9.17, 15) is 21.6 Å². The largest absolute Gasteiger partial charge is 0.311 e. The van der Waals surface area contributed by atoms with E-state index in [1.807, 2.05) is 13.8 Å². The van der Waals surface area contributed by atoms with Crippen molar-refractivity contribution in [1.29, 1.82) is 0 Å². The third kappa shape index (κ3) is 5.16. The number of hydrogen-bond donors (Lipinski definition) is 0. The average molecular weight is 465 g/mol. The number of amides is 1. The highest BCUT2D eigenvalue weighted by atomic mass is 32.2. The standard InChI is InChI=1S/C22H28N2O5S2/c1-16-12-17(2)15-24(14-16)31(28,29)21-7-5-6-18(13-21)22(25)23(3)19-8-10-20(11-9-19)30(4,26)27/h5-11,13,16-17H,12,14-15H2,1-4H3. The number of piperidine rings is 1. The molecule has 1 amide bonds. The topological polar surface area (TPSA) is 91.8 Å². The van der Waals surface area contributed by atoms with Gasteiger partial charge in [-0.2, -0.15) is 4.31 Å². The van der Waals surface area contributed by atoms with Gasteiger partial charge in [-0.25, -0.2) is 16.8 Å². The van der Waals surface area contributed by atoms with Crippen molar-refractivity contribution in [3.8, 4) is 0 Å². The molecule has 2 atom stereocenters. The van der Waals surface area contributed by atoms with Crippen LogP contribution in [0.3, 0.4) is 0 Å². The summed E-state index contributed by atoms with van der Waals surface area (Å²) < 4.78 is 51.1. The van der Waals surface area contributed by atoms with Crippen molar-refractivity contribution < 1.29 is 21.6 Å². The van der Waals surface area contributed by atoms with Gasteiger partial charge in [-0.1, -0.05) is 19.9 Å². The van der Waals surface area contributed by atoms with Crippen LogP contribution in [0.25, 0.3) is 0 Å². The molecule has 0 radical (unpaired) electrons. The molecule has 0 saturated carbocycles. The zero-order chi connectivity index (χ0) is 23.0. The second-order valence-electron chi connectivity index (χ2n) is 8.43. The van der Waals surface area contributed by atoms with Crippen molar-refractivity contribution >= 4 is 31.5 Å². The number of carbonyl (C=O) groups is 1. The monoisotopic (exact) mass is 464 g/mol. The maximum Gasteiger partial charge on any atom is 0.258 e. The summed E-state index contributed by atoms with van der Waals surface area (Å²) in [6, 6.07) is 12.0. The molecule has 0 spiro atoms. The molecule has 7 nitrogen and oxygen atoms in total. The van der Waals surface area contributed by atoms with E-state index in [1.54, 1.807) is 31.3 Å². The van der Waals surface area contributed by atoms with Crippen LogP contribution in [0.15, 0.2) is 58.3 Å². The summed E-state index contributed by atoms with van der Waals surface area (Å²) in [7, 11) is -5.47. The normalized spacial score (nSPS) is 20.4. The van der Waals surface area contributed by atoms with Crippen molar-refractivity contribution in [1.82, 2.24) is 4.31 Å². The van der Waals surface area contributed by atoms with Gasteiger partial charge in [-0.15, -0.1) is 0 Å². The molecule has 9 heteroatoms. The summed E-state index contributed by atoms with van der Waals surface area (Å²) in [5, 5.41) is 0. The second kappa shape index (κ2) is 8.72. The van der Waals surface area contributed by atoms with Gasteiger partial charge in [0, 0.05) is 37.6 Å². The summed E-state index contributed by atoms with van der Waals surface area (Å²) in [4.78, 5) is 14.6. The lowest BCUT2D eigenvalue weighted by molar-refractivity contribution is 0.0992. The molecule has 1 fully saturated rings. The fourth-order valence-corrected chi connectivity index (χ4v) is 6.33. The van der Waals surface area contributed by atoms with Gasteiger partial charge in [-0.05, 0) is 60.7 Å². The molecule has 0 aromatic heterocycles. The van der Waals surface area contributed by atoms with E-state index >= 15 is 0 Å². The van der Waals surface area contributed by atoms with E-state index in [1.165, 1.54) is 33.5 Å². The number of hydrogen-bond acceptors (Lipinski definition) is 5. The van der Waals surface area contributed by atoms with Crippen molar-refractivity contribution in [2.24, 2.45) is 11.8 Å². The maximum absolute atomic E-state index is 13.2. The molecule has 1 aliphatic rings. The first-order chi connectivity index (χ1) is 14.4. The molecular weight excluding hydrogens is 436 g/mol. The number of carbonyl (C=O) groups excluding carboxylic acids is 1. The first-order valence-electron chi connectivity index (χ1n) is 10.1. The Kier molecular flexibility index (Phi) is 6.59. The smallest absolute Gasteiger partial charge is 0.258 e. The van der Waals surface area contributed by atoms with E-state index < -0.39 is 19.9 Å². The first kappa shape index (κ1) is 23.4. The molecule has 1 saturated heterocycles. The Hall–Kier alpha value is -2.23. The Labute approximate surface area is 184 Å². The van der Waals surface area contributed by atoms with Gasteiger partial charge in [0.05, 0.1) is 9.79 Å². The molecule has 0 aliphatic carbocycles. The zero-order valence-corrected chi connectivity index (χ0v) is 19.8. The maximum atomic E-state index is 13.2. The number of anilines is 1. The predicted molar refractivity (Wildman–Crippen MR) is 120 cm³/mol. The molecule has 168 valence electrons. The Morgan fingerprint density at radius 1 is 0.935 bits per heavy atom. The van der Waals surface area contributed by atoms with Crippen LogP contribution in [0.5, 0.6) is 0 Å². The Balaban J connectivity index is 1.86. The number of rotatable bonds is 5. The van der Waals surface area contributed by atoms with Gasteiger partial charge in [0.25, 0.3) is 5.91 Å². The Morgan fingerprint density at radius 3 is 2.06 bits per heavy atom. The lowest BCUT2D eigenvalue weighted by Crippen LogP contribution is -2.42. The molecule has 0 N–H and O–H groups in total. The summed E-state index contributed by atoms with van der Waals surface area (Å²) >= 11 is 0. The van der Waals surface area contributed by atoms with E-state index in [0.29, 0.717) is 18.8 Å². The van der Waals surface area contributed by atoms with Crippen LogP contribution in [-0.4, -0.2) is 53.4 Å². The molecule has 31 heavy (non-hydrogen) atoms. The fourth-order valence-electron chi connectivity index (χ4n) is 3.97. The van der Waals surface area contributed by atoms with Crippen LogP contribution < -0.4 is 4.90 Å². The fraction of sp³-hybridized carbons (Fsp3) is 0.409. The highest BCUT2D eigenvalue weighted by molar-refractivity contribution is 7.90. The molecule has 3 rings (SSSR count). The SMILES string of the molecule is CC1CC(C)CN(S(=O)(=O)c2cccc(C(=O)N(C)c3ccc(S(C)(=O)=O)cc3)c2)C1. The van der Waals surface area contributed by atoms with Crippen LogP contribution in [0.2, 0.25) is 0 Å². The summed E-state index contributed by atoms with van der Waals surface area (Å²) in [5.74, 6) is 0.179. The van der Waals surface area contributed by atoms with Gasteiger partial charge in [0.2, 0.25) is 10.0 Å². The minimum absolute atomic E-state index is 0.0977. The van der Waals surface area contributed by atoms with Gasteiger partial charge < -0.3 is 4.90 Å². The van der Waals surface area contributed by atoms with Crippen molar-refractivity contribution in [2.45, 2.75) is 30.1 Å². The van der Waals surface area contributed by atoms with Crippen LogP contribution in [-0.2, 0) is 19.9 Å². The van der Waals surface area contributed by atoms with Crippen molar-refractivity contribution in [3.05, 3.63) is 54.1 Å². The molecule has 1 aliphatic heterocycles. The lowest BCUT2D eigenvalue weighted by Gasteiger charge is -2.34. The molecule has 0 bridgehead atoms. The van der Waals surface area contributed by atoms with Crippen LogP contribution in [0, 0.1) is 11.8 Å². The van der Waals surface area contributed by atoms with E-state index in [4.69, 9.17) is 0 Å². The second-order valence-corrected chi connectivity index (χ2v) is 12.4. The van der Waals surface area contributed by atoms with Gasteiger partial charge in [0.1, 0.15) is 0 Å². The molecule has 2 unspecified atom stereocenters.